The number of benzene rings is 1. The molecule has 1 heterocycles. The van der Waals surface area contributed by atoms with E-state index in [2.05, 4.69) is 42.3 Å². The van der Waals surface area contributed by atoms with Gasteiger partial charge in [-0.15, -0.1) is 0 Å². The Morgan fingerprint density at radius 1 is 0.963 bits per heavy atom. The van der Waals surface area contributed by atoms with E-state index >= 15 is 0 Å². The lowest BCUT2D eigenvalue weighted by molar-refractivity contribution is -0.117. The SMILES string of the molecule is CCc1cccc(CC)c1NC(=O)CN1CCN(C(=O)N(CC)CC)CC1. The zero-order valence-corrected chi connectivity index (χ0v) is 17.3. The molecule has 0 aliphatic carbocycles. The molecule has 1 aromatic carbocycles. The predicted octanol–water partition coefficient (Wildman–Crippen LogP) is 2.83. The Morgan fingerprint density at radius 3 is 2.00 bits per heavy atom. The number of hydrogen-bond acceptors (Lipinski definition) is 3. The molecule has 1 aromatic rings. The van der Waals surface area contributed by atoms with Gasteiger partial charge in [-0.1, -0.05) is 32.0 Å². The summed E-state index contributed by atoms with van der Waals surface area (Å²) in [6.45, 7) is 12.9. The van der Waals surface area contributed by atoms with Gasteiger partial charge in [-0.2, -0.15) is 0 Å². The molecule has 0 saturated carbocycles. The second-order valence-corrected chi connectivity index (χ2v) is 6.92. The van der Waals surface area contributed by atoms with Crippen LogP contribution in [0.4, 0.5) is 10.5 Å². The minimum absolute atomic E-state index is 0.0223. The van der Waals surface area contributed by atoms with E-state index in [1.165, 1.54) is 11.1 Å². The number of urea groups is 1. The molecule has 0 spiro atoms. The van der Waals surface area contributed by atoms with Crippen LogP contribution >= 0.6 is 0 Å². The van der Waals surface area contributed by atoms with E-state index in [1.54, 1.807) is 0 Å². The normalized spacial score (nSPS) is 14.9. The second-order valence-electron chi connectivity index (χ2n) is 6.92. The van der Waals surface area contributed by atoms with E-state index in [4.69, 9.17) is 0 Å². The number of carbonyl (C=O) groups excluding carboxylic acids is 2. The Hall–Kier alpha value is -2.08. The lowest BCUT2D eigenvalue weighted by atomic mass is 10.0. The van der Waals surface area contributed by atoms with Gasteiger partial charge < -0.3 is 15.1 Å². The van der Waals surface area contributed by atoms with Crippen molar-refractivity contribution in [2.75, 3.05) is 51.1 Å². The summed E-state index contributed by atoms with van der Waals surface area (Å²) in [4.78, 5) is 30.9. The molecule has 1 N–H and O–H groups in total. The predicted molar refractivity (Wildman–Crippen MR) is 110 cm³/mol. The van der Waals surface area contributed by atoms with Crippen LogP contribution in [0.25, 0.3) is 0 Å². The third-order valence-electron chi connectivity index (χ3n) is 5.31. The van der Waals surface area contributed by atoms with Crippen LogP contribution in [0.5, 0.6) is 0 Å². The first-order chi connectivity index (χ1) is 13.0. The maximum Gasteiger partial charge on any atom is 0.320 e. The molecule has 1 aliphatic rings. The summed E-state index contributed by atoms with van der Waals surface area (Å²) in [5, 5.41) is 3.13. The highest BCUT2D eigenvalue weighted by Crippen LogP contribution is 2.22. The standard InChI is InChI=1S/C21H34N4O2/c1-5-17-10-9-11-18(6-2)20(17)22-19(26)16-23-12-14-25(15-13-23)21(27)24(7-3)8-4/h9-11H,5-8,12-16H2,1-4H3,(H,22,26). The monoisotopic (exact) mass is 374 g/mol. The maximum absolute atomic E-state index is 12.6. The lowest BCUT2D eigenvalue weighted by Gasteiger charge is -2.36. The van der Waals surface area contributed by atoms with Gasteiger partial charge in [0, 0.05) is 45.0 Å². The number of aryl methyl sites for hydroxylation is 2. The fourth-order valence-electron chi connectivity index (χ4n) is 3.58. The van der Waals surface area contributed by atoms with Crippen LogP contribution in [0.15, 0.2) is 18.2 Å². The van der Waals surface area contributed by atoms with Crippen molar-refractivity contribution in [2.24, 2.45) is 0 Å². The van der Waals surface area contributed by atoms with Gasteiger partial charge in [-0.05, 0) is 37.8 Å². The van der Waals surface area contributed by atoms with E-state index in [1.807, 2.05) is 23.6 Å². The average Bonchev–Trinajstić information content (AvgIpc) is 2.69. The minimum atomic E-state index is 0.0223. The van der Waals surface area contributed by atoms with Crippen molar-refractivity contribution in [3.05, 3.63) is 29.3 Å². The fourth-order valence-corrected chi connectivity index (χ4v) is 3.58. The van der Waals surface area contributed by atoms with Crippen molar-refractivity contribution >= 4 is 17.6 Å². The number of amides is 3. The topological polar surface area (TPSA) is 55.9 Å². The van der Waals surface area contributed by atoms with Crippen LogP contribution in [-0.4, -0.2) is 72.5 Å². The first-order valence-electron chi connectivity index (χ1n) is 10.2. The Labute approximate surface area is 163 Å². The zero-order valence-electron chi connectivity index (χ0n) is 17.3. The van der Waals surface area contributed by atoms with Crippen LogP contribution in [0.2, 0.25) is 0 Å². The second kappa shape index (κ2) is 10.3. The molecule has 0 aromatic heterocycles. The van der Waals surface area contributed by atoms with Crippen molar-refractivity contribution in [1.82, 2.24) is 14.7 Å². The van der Waals surface area contributed by atoms with Gasteiger partial charge in [0.15, 0.2) is 0 Å². The molecule has 1 aliphatic heterocycles. The summed E-state index contributed by atoms with van der Waals surface area (Å²) in [6.07, 6.45) is 1.80. The molecule has 0 atom stereocenters. The minimum Gasteiger partial charge on any atom is -0.325 e. The lowest BCUT2D eigenvalue weighted by Crippen LogP contribution is -2.53. The number of anilines is 1. The first-order valence-corrected chi connectivity index (χ1v) is 10.2. The van der Waals surface area contributed by atoms with E-state index in [-0.39, 0.29) is 11.9 Å². The van der Waals surface area contributed by atoms with Crippen LogP contribution in [0, 0.1) is 0 Å². The summed E-state index contributed by atoms with van der Waals surface area (Å²) in [5.74, 6) is 0.0223. The van der Waals surface area contributed by atoms with Crippen LogP contribution < -0.4 is 5.32 Å². The van der Waals surface area contributed by atoms with Crippen molar-refractivity contribution < 1.29 is 9.59 Å². The van der Waals surface area contributed by atoms with Gasteiger partial charge in [0.2, 0.25) is 5.91 Å². The molecular formula is C21H34N4O2. The number of nitrogens with one attached hydrogen (secondary N) is 1. The van der Waals surface area contributed by atoms with Gasteiger partial charge in [0.25, 0.3) is 0 Å². The number of piperazine rings is 1. The summed E-state index contributed by atoms with van der Waals surface area (Å²) >= 11 is 0. The molecule has 1 saturated heterocycles. The molecule has 1 fully saturated rings. The Bertz CT molecular complexity index is 613. The van der Waals surface area contributed by atoms with Crippen molar-refractivity contribution in [2.45, 2.75) is 40.5 Å². The van der Waals surface area contributed by atoms with Gasteiger partial charge in [0.1, 0.15) is 0 Å². The van der Waals surface area contributed by atoms with Crippen LogP contribution in [-0.2, 0) is 17.6 Å². The molecule has 3 amide bonds. The molecule has 6 nitrogen and oxygen atoms in total. The third-order valence-corrected chi connectivity index (χ3v) is 5.31. The van der Waals surface area contributed by atoms with E-state index in [0.717, 1.165) is 44.7 Å². The highest BCUT2D eigenvalue weighted by atomic mass is 16.2. The van der Waals surface area contributed by atoms with E-state index < -0.39 is 0 Å². The van der Waals surface area contributed by atoms with Gasteiger partial charge in [-0.3, -0.25) is 9.69 Å². The number of hydrogen-bond donors (Lipinski definition) is 1. The maximum atomic E-state index is 12.6. The Morgan fingerprint density at radius 2 is 1.52 bits per heavy atom. The van der Waals surface area contributed by atoms with Crippen LogP contribution in [0.3, 0.4) is 0 Å². The number of carbonyl (C=O) groups is 2. The van der Waals surface area contributed by atoms with E-state index in [9.17, 15) is 9.59 Å². The molecular weight excluding hydrogens is 340 g/mol. The molecule has 150 valence electrons. The molecule has 2 rings (SSSR count). The van der Waals surface area contributed by atoms with Crippen molar-refractivity contribution in [1.29, 1.82) is 0 Å². The number of nitrogens with zero attached hydrogens (tertiary/aromatic N) is 3. The van der Waals surface area contributed by atoms with Crippen LogP contribution in [0.1, 0.15) is 38.8 Å². The average molecular weight is 375 g/mol. The summed E-state index contributed by atoms with van der Waals surface area (Å²) in [5.41, 5.74) is 3.33. The van der Waals surface area contributed by atoms with Crippen molar-refractivity contribution in [3.8, 4) is 0 Å². The summed E-state index contributed by atoms with van der Waals surface area (Å²) in [7, 11) is 0. The van der Waals surface area contributed by atoms with Gasteiger partial charge in [-0.25, -0.2) is 4.79 Å². The zero-order chi connectivity index (χ0) is 19.8. The Balaban J connectivity index is 1.89. The highest BCUT2D eigenvalue weighted by Gasteiger charge is 2.25. The summed E-state index contributed by atoms with van der Waals surface area (Å²) < 4.78 is 0. The van der Waals surface area contributed by atoms with Gasteiger partial charge in [0.05, 0.1) is 6.54 Å². The smallest absolute Gasteiger partial charge is 0.320 e. The van der Waals surface area contributed by atoms with E-state index in [0.29, 0.717) is 19.6 Å². The molecule has 27 heavy (non-hydrogen) atoms. The number of rotatable bonds is 7. The molecule has 0 unspecified atom stereocenters. The molecule has 6 heteroatoms. The fraction of sp³-hybridized carbons (Fsp3) is 0.619. The quantitative estimate of drug-likeness (QED) is 0.798. The highest BCUT2D eigenvalue weighted by molar-refractivity contribution is 5.93. The van der Waals surface area contributed by atoms with Gasteiger partial charge >= 0.3 is 6.03 Å². The molecule has 0 bridgehead atoms. The molecule has 0 radical (unpaired) electrons. The third kappa shape index (κ3) is 5.45. The summed E-state index contributed by atoms with van der Waals surface area (Å²) in [6, 6.07) is 6.31. The largest absolute Gasteiger partial charge is 0.325 e. The first kappa shape index (κ1) is 21.2. The van der Waals surface area contributed by atoms with Crippen molar-refractivity contribution in [3.63, 3.8) is 0 Å². The number of para-hydroxylation sites is 1. The Kier molecular flexibility index (Phi) is 8.10.